The first-order valence-corrected chi connectivity index (χ1v) is 3.51. The fourth-order valence-electron chi connectivity index (χ4n) is 1.35. The Balaban J connectivity index is 2.58. The van der Waals surface area contributed by atoms with Crippen molar-refractivity contribution in [3.05, 3.63) is 27.9 Å². The highest BCUT2D eigenvalue weighted by atomic mass is 16.1. The Bertz CT molecular complexity index is 331. The fraction of sp³-hybridized carbons (Fsp3) is 0.429. The van der Waals surface area contributed by atoms with Gasteiger partial charge < -0.3 is 4.98 Å². The van der Waals surface area contributed by atoms with Crippen LogP contribution in [-0.4, -0.2) is 21.9 Å². The van der Waals surface area contributed by atoms with E-state index in [0.29, 0.717) is 0 Å². The molecule has 0 amide bonds. The van der Waals surface area contributed by atoms with Gasteiger partial charge in [0.2, 0.25) is 0 Å². The number of rotatable bonds is 0. The van der Waals surface area contributed by atoms with Crippen molar-refractivity contribution >= 4 is 0 Å². The Kier molecular flexibility index (Phi) is 1.29. The number of hydrogen-bond donors (Lipinski definition) is 1. The van der Waals surface area contributed by atoms with Crippen LogP contribution in [0.1, 0.15) is 11.3 Å². The molecule has 1 aromatic rings. The highest BCUT2D eigenvalue weighted by molar-refractivity contribution is 5.19. The second kappa shape index (κ2) is 2.17. The summed E-state index contributed by atoms with van der Waals surface area (Å²) in [5.74, 6) is 0. The lowest BCUT2D eigenvalue weighted by Crippen LogP contribution is -2.14. The van der Waals surface area contributed by atoms with Crippen LogP contribution in [0.15, 0.2) is 11.1 Å². The van der Waals surface area contributed by atoms with Crippen molar-refractivity contribution in [2.75, 3.05) is 7.05 Å². The molecule has 1 N–H and O–H groups in total. The molecule has 2 rings (SSSR count). The van der Waals surface area contributed by atoms with Crippen molar-refractivity contribution < 1.29 is 0 Å². The number of nitrogens with zero attached hydrogens (tertiary/aromatic N) is 2. The van der Waals surface area contributed by atoms with E-state index in [9.17, 15) is 4.79 Å². The van der Waals surface area contributed by atoms with Crippen LogP contribution in [-0.2, 0) is 13.1 Å². The van der Waals surface area contributed by atoms with Crippen LogP contribution in [0.25, 0.3) is 0 Å². The quantitative estimate of drug-likeness (QED) is 0.554. The SMILES string of the molecule is CN1Cc2nc[nH]c(=O)c2C1. The number of fused-ring (bicyclic) bond motifs is 1. The van der Waals surface area contributed by atoms with E-state index in [0.717, 1.165) is 24.3 Å². The number of aromatic nitrogens is 2. The van der Waals surface area contributed by atoms with Crippen LogP contribution < -0.4 is 5.56 Å². The molecule has 0 spiro atoms. The van der Waals surface area contributed by atoms with Gasteiger partial charge in [-0.25, -0.2) is 4.98 Å². The maximum Gasteiger partial charge on any atom is 0.255 e. The van der Waals surface area contributed by atoms with Gasteiger partial charge in [0.1, 0.15) is 0 Å². The standard InChI is InChI=1S/C7H9N3O/c1-10-2-5-6(3-10)8-4-9-7(5)11/h4H,2-3H2,1H3,(H,8,9,11). The molecule has 0 atom stereocenters. The van der Waals surface area contributed by atoms with Crippen molar-refractivity contribution in [2.45, 2.75) is 13.1 Å². The van der Waals surface area contributed by atoms with Crippen LogP contribution in [0, 0.1) is 0 Å². The van der Waals surface area contributed by atoms with E-state index in [1.165, 1.54) is 6.33 Å². The van der Waals surface area contributed by atoms with Gasteiger partial charge in [-0.2, -0.15) is 0 Å². The molecular formula is C7H9N3O. The van der Waals surface area contributed by atoms with Crippen LogP contribution in [0.2, 0.25) is 0 Å². The highest BCUT2D eigenvalue weighted by Gasteiger charge is 2.18. The van der Waals surface area contributed by atoms with Gasteiger partial charge in [-0.3, -0.25) is 9.69 Å². The molecule has 4 heteroatoms. The lowest BCUT2D eigenvalue weighted by molar-refractivity contribution is 0.350. The average Bonchev–Trinajstić information content (AvgIpc) is 2.31. The molecular weight excluding hydrogens is 142 g/mol. The predicted octanol–water partition coefficient (Wildman–Crippen LogP) is -0.285. The Hall–Kier alpha value is -1.16. The van der Waals surface area contributed by atoms with Crippen molar-refractivity contribution in [3.63, 3.8) is 0 Å². The van der Waals surface area contributed by atoms with Crippen LogP contribution >= 0.6 is 0 Å². The molecule has 0 fully saturated rings. The Morgan fingerprint density at radius 1 is 1.64 bits per heavy atom. The summed E-state index contributed by atoms with van der Waals surface area (Å²) in [6.45, 7) is 1.51. The topological polar surface area (TPSA) is 49.0 Å². The largest absolute Gasteiger partial charge is 0.313 e. The molecule has 0 radical (unpaired) electrons. The minimum absolute atomic E-state index is 0.000602. The molecule has 1 aromatic heterocycles. The molecule has 0 aliphatic carbocycles. The summed E-state index contributed by atoms with van der Waals surface area (Å²) in [6, 6.07) is 0. The maximum atomic E-state index is 11.1. The number of H-pyrrole nitrogens is 1. The average molecular weight is 151 g/mol. The number of nitrogens with one attached hydrogen (secondary N) is 1. The lowest BCUT2D eigenvalue weighted by Gasteiger charge is -2.01. The minimum atomic E-state index is -0.000602. The molecule has 2 heterocycles. The maximum absolute atomic E-state index is 11.1. The third-order valence-corrected chi connectivity index (χ3v) is 1.89. The number of aromatic amines is 1. The van der Waals surface area contributed by atoms with Crippen LogP contribution in [0.4, 0.5) is 0 Å². The molecule has 0 saturated heterocycles. The lowest BCUT2D eigenvalue weighted by atomic mass is 10.3. The molecule has 11 heavy (non-hydrogen) atoms. The van der Waals surface area contributed by atoms with Crippen LogP contribution in [0.5, 0.6) is 0 Å². The van der Waals surface area contributed by atoms with Gasteiger partial charge in [-0.15, -0.1) is 0 Å². The molecule has 1 aliphatic rings. The van der Waals surface area contributed by atoms with Gasteiger partial charge in [0.25, 0.3) is 5.56 Å². The summed E-state index contributed by atoms with van der Waals surface area (Å²) >= 11 is 0. The van der Waals surface area contributed by atoms with E-state index < -0.39 is 0 Å². The first-order chi connectivity index (χ1) is 5.27. The predicted molar refractivity (Wildman–Crippen MR) is 40.0 cm³/mol. The van der Waals surface area contributed by atoms with E-state index in [2.05, 4.69) is 14.9 Å². The summed E-state index contributed by atoms with van der Waals surface area (Å²) in [6.07, 6.45) is 1.46. The molecule has 4 nitrogen and oxygen atoms in total. The Morgan fingerprint density at radius 3 is 3.18 bits per heavy atom. The van der Waals surface area contributed by atoms with E-state index in [4.69, 9.17) is 0 Å². The summed E-state index contributed by atoms with van der Waals surface area (Å²) < 4.78 is 0. The zero-order valence-electron chi connectivity index (χ0n) is 6.29. The Labute approximate surface area is 63.9 Å². The van der Waals surface area contributed by atoms with E-state index >= 15 is 0 Å². The summed E-state index contributed by atoms with van der Waals surface area (Å²) in [5.41, 5.74) is 1.73. The minimum Gasteiger partial charge on any atom is -0.313 e. The second-order valence-corrected chi connectivity index (χ2v) is 2.83. The third-order valence-electron chi connectivity index (χ3n) is 1.89. The van der Waals surface area contributed by atoms with Gasteiger partial charge in [0, 0.05) is 13.1 Å². The summed E-state index contributed by atoms with van der Waals surface area (Å²) in [5, 5.41) is 0. The van der Waals surface area contributed by atoms with Crippen molar-refractivity contribution in [2.24, 2.45) is 0 Å². The zero-order chi connectivity index (χ0) is 7.84. The molecule has 1 aliphatic heterocycles. The van der Waals surface area contributed by atoms with E-state index in [1.54, 1.807) is 0 Å². The molecule has 0 unspecified atom stereocenters. The smallest absolute Gasteiger partial charge is 0.255 e. The van der Waals surface area contributed by atoms with Crippen LogP contribution in [0.3, 0.4) is 0 Å². The van der Waals surface area contributed by atoms with Crippen molar-refractivity contribution in [3.8, 4) is 0 Å². The highest BCUT2D eigenvalue weighted by Crippen LogP contribution is 2.13. The van der Waals surface area contributed by atoms with E-state index in [-0.39, 0.29) is 5.56 Å². The zero-order valence-corrected chi connectivity index (χ0v) is 6.29. The van der Waals surface area contributed by atoms with Gasteiger partial charge in [0.15, 0.2) is 0 Å². The Morgan fingerprint density at radius 2 is 2.45 bits per heavy atom. The monoisotopic (exact) mass is 151 g/mol. The third kappa shape index (κ3) is 0.952. The molecule has 0 bridgehead atoms. The van der Waals surface area contributed by atoms with Gasteiger partial charge in [-0.1, -0.05) is 0 Å². The first kappa shape index (κ1) is 6.54. The van der Waals surface area contributed by atoms with Gasteiger partial charge in [0.05, 0.1) is 17.6 Å². The van der Waals surface area contributed by atoms with Gasteiger partial charge in [-0.05, 0) is 7.05 Å². The first-order valence-electron chi connectivity index (χ1n) is 3.51. The second-order valence-electron chi connectivity index (χ2n) is 2.83. The normalized spacial score (nSPS) is 16.8. The molecule has 58 valence electrons. The fourth-order valence-corrected chi connectivity index (χ4v) is 1.35. The summed E-state index contributed by atoms with van der Waals surface area (Å²) in [4.78, 5) is 19.8. The van der Waals surface area contributed by atoms with Gasteiger partial charge >= 0.3 is 0 Å². The van der Waals surface area contributed by atoms with Crippen molar-refractivity contribution in [1.82, 2.24) is 14.9 Å². The van der Waals surface area contributed by atoms with Crippen molar-refractivity contribution in [1.29, 1.82) is 0 Å². The number of hydrogen-bond acceptors (Lipinski definition) is 3. The molecule has 0 aromatic carbocycles. The molecule has 0 saturated carbocycles. The summed E-state index contributed by atoms with van der Waals surface area (Å²) in [7, 11) is 1.97. The van der Waals surface area contributed by atoms with E-state index in [1.807, 2.05) is 7.05 Å².